The third kappa shape index (κ3) is 3.79. The molecule has 0 aliphatic heterocycles. The number of aryl methyl sites for hydroxylation is 4. The quantitative estimate of drug-likeness (QED) is 0.910. The Balaban J connectivity index is 2.59. The highest BCUT2D eigenvalue weighted by molar-refractivity contribution is 7.92. The van der Waals surface area contributed by atoms with Gasteiger partial charge in [0, 0.05) is 13.2 Å². The minimum absolute atomic E-state index is 0.0722. The molecule has 0 atom stereocenters. The Kier molecular flexibility index (Phi) is 4.88. The first-order valence-electron chi connectivity index (χ1n) is 8.15. The molecule has 2 aromatic rings. The highest BCUT2D eigenvalue weighted by Gasteiger charge is 2.24. The molecule has 25 heavy (non-hydrogen) atoms. The number of rotatable bonds is 3. The molecule has 2 rings (SSSR count). The van der Waals surface area contributed by atoms with Crippen LogP contribution in [-0.4, -0.2) is 13.0 Å². The van der Waals surface area contributed by atoms with E-state index in [2.05, 4.69) is 25.5 Å². The van der Waals surface area contributed by atoms with Crippen molar-refractivity contribution in [3.05, 3.63) is 57.0 Å². The molecule has 0 spiro atoms. The molecule has 1 heterocycles. The topological polar surface area (TPSA) is 68.2 Å². The van der Waals surface area contributed by atoms with Crippen molar-refractivity contribution in [3.8, 4) is 0 Å². The van der Waals surface area contributed by atoms with Gasteiger partial charge in [-0.1, -0.05) is 32.9 Å². The number of sulfonamides is 1. The molecule has 0 radical (unpaired) electrons. The van der Waals surface area contributed by atoms with Crippen molar-refractivity contribution in [2.75, 3.05) is 4.72 Å². The Labute approximate surface area is 149 Å². The molecule has 1 N–H and O–H groups in total. The lowest BCUT2D eigenvalue weighted by Gasteiger charge is -2.22. The fraction of sp³-hybridized carbons (Fsp3) is 0.421. The van der Waals surface area contributed by atoms with Crippen molar-refractivity contribution in [1.82, 2.24) is 4.57 Å². The molecule has 1 aromatic carbocycles. The summed E-state index contributed by atoms with van der Waals surface area (Å²) in [5, 5.41) is 0. The van der Waals surface area contributed by atoms with Crippen LogP contribution in [0.15, 0.2) is 34.1 Å². The van der Waals surface area contributed by atoms with Crippen molar-refractivity contribution >= 4 is 15.7 Å². The van der Waals surface area contributed by atoms with Crippen LogP contribution in [0.1, 0.15) is 43.0 Å². The van der Waals surface area contributed by atoms with Crippen LogP contribution in [0.25, 0.3) is 0 Å². The summed E-state index contributed by atoms with van der Waals surface area (Å²) in [4.78, 5) is 12.5. The van der Waals surface area contributed by atoms with Gasteiger partial charge in [0.05, 0.1) is 4.90 Å². The average Bonchev–Trinajstić information content (AvgIpc) is 2.45. The number of nitrogens with zero attached hydrogens (tertiary/aromatic N) is 1. The van der Waals surface area contributed by atoms with E-state index >= 15 is 0 Å². The number of hydrogen-bond acceptors (Lipinski definition) is 3. The average molecular weight is 362 g/mol. The smallest absolute Gasteiger partial charge is 0.274 e. The zero-order valence-electron chi connectivity index (χ0n) is 15.9. The zero-order valence-corrected chi connectivity index (χ0v) is 16.7. The van der Waals surface area contributed by atoms with Crippen molar-refractivity contribution < 1.29 is 8.42 Å². The third-order valence-corrected chi connectivity index (χ3v) is 5.96. The first-order chi connectivity index (χ1) is 11.3. The number of benzene rings is 1. The van der Waals surface area contributed by atoms with Gasteiger partial charge in [0.1, 0.15) is 5.69 Å². The van der Waals surface area contributed by atoms with Crippen LogP contribution in [0.2, 0.25) is 0 Å². The minimum atomic E-state index is -3.86. The fourth-order valence-electron chi connectivity index (χ4n) is 2.84. The van der Waals surface area contributed by atoms with Crippen LogP contribution in [-0.2, 0) is 22.5 Å². The second-order valence-corrected chi connectivity index (χ2v) is 9.20. The molecule has 0 bridgehead atoms. The van der Waals surface area contributed by atoms with Crippen LogP contribution in [0.3, 0.4) is 0 Å². The molecule has 0 saturated heterocycles. The second kappa shape index (κ2) is 6.33. The minimum Gasteiger partial charge on any atom is -0.317 e. The molecular weight excluding hydrogens is 336 g/mol. The molecule has 0 unspecified atom stereocenters. The van der Waals surface area contributed by atoms with Gasteiger partial charge in [0.2, 0.25) is 0 Å². The van der Waals surface area contributed by atoms with Gasteiger partial charge >= 0.3 is 0 Å². The first kappa shape index (κ1) is 19.2. The van der Waals surface area contributed by atoms with Gasteiger partial charge in [-0.3, -0.25) is 9.52 Å². The van der Waals surface area contributed by atoms with Gasteiger partial charge in [-0.15, -0.1) is 0 Å². The van der Waals surface area contributed by atoms with Crippen molar-refractivity contribution in [3.63, 3.8) is 0 Å². The van der Waals surface area contributed by atoms with E-state index in [0.717, 1.165) is 5.56 Å². The summed E-state index contributed by atoms with van der Waals surface area (Å²) in [6.07, 6.45) is 1.62. The van der Waals surface area contributed by atoms with Gasteiger partial charge < -0.3 is 4.57 Å². The molecule has 136 valence electrons. The van der Waals surface area contributed by atoms with E-state index in [1.54, 1.807) is 40.1 Å². The molecule has 0 saturated carbocycles. The number of aromatic nitrogens is 1. The number of nitrogens with one attached hydrogen (secondary N) is 1. The van der Waals surface area contributed by atoms with Gasteiger partial charge in [-0.05, 0) is 54.5 Å². The molecular formula is C19H26N2O3S. The maximum Gasteiger partial charge on any atom is 0.274 e. The predicted octanol–water partition coefficient (Wildman–Crippen LogP) is 3.41. The summed E-state index contributed by atoms with van der Waals surface area (Å²) < 4.78 is 29.8. The molecule has 5 nitrogen and oxygen atoms in total. The highest BCUT2D eigenvalue weighted by Crippen LogP contribution is 2.30. The molecule has 0 aliphatic carbocycles. The van der Waals surface area contributed by atoms with E-state index < -0.39 is 10.0 Å². The Morgan fingerprint density at radius 1 is 1.00 bits per heavy atom. The predicted molar refractivity (Wildman–Crippen MR) is 102 cm³/mol. The van der Waals surface area contributed by atoms with E-state index in [9.17, 15) is 13.2 Å². The van der Waals surface area contributed by atoms with Crippen LogP contribution >= 0.6 is 0 Å². The van der Waals surface area contributed by atoms with Crippen LogP contribution in [0.5, 0.6) is 0 Å². The van der Waals surface area contributed by atoms with Crippen molar-refractivity contribution in [1.29, 1.82) is 0 Å². The molecule has 0 fully saturated rings. The molecule has 6 heteroatoms. The van der Waals surface area contributed by atoms with Crippen molar-refractivity contribution in [2.45, 2.75) is 51.9 Å². The Hall–Kier alpha value is -2.08. The Bertz CT molecular complexity index is 958. The summed E-state index contributed by atoms with van der Waals surface area (Å²) in [7, 11) is -2.27. The first-order valence-corrected chi connectivity index (χ1v) is 9.63. The third-order valence-electron chi connectivity index (χ3n) is 4.31. The monoisotopic (exact) mass is 362 g/mol. The van der Waals surface area contributed by atoms with E-state index in [1.165, 1.54) is 4.57 Å². The van der Waals surface area contributed by atoms with Gasteiger partial charge in [-0.2, -0.15) is 0 Å². The number of anilines is 1. The molecule has 1 aromatic heterocycles. The number of hydrogen-bond donors (Lipinski definition) is 1. The Morgan fingerprint density at radius 3 is 2.00 bits per heavy atom. The van der Waals surface area contributed by atoms with Crippen LogP contribution in [0.4, 0.5) is 5.69 Å². The zero-order chi connectivity index (χ0) is 19.2. The van der Waals surface area contributed by atoms with Crippen LogP contribution < -0.4 is 10.3 Å². The van der Waals surface area contributed by atoms with Gasteiger partial charge in [0.25, 0.3) is 15.6 Å². The summed E-state index contributed by atoms with van der Waals surface area (Å²) in [6, 6.07) is 5.51. The van der Waals surface area contributed by atoms with Crippen LogP contribution in [0, 0.1) is 20.8 Å². The van der Waals surface area contributed by atoms with Gasteiger partial charge in [0.15, 0.2) is 0 Å². The standard InChI is InChI=1S/C19H26N2O3S/c1-12-8-9-21(7)18(22)16(12)20-25(23,24)17-13(2)10-15(11-14(17)3)19(4,5)6/h8-11,20H,1-7H3. The molecule has 0 aliphatic rings. The summed E-state index contributed by atoms with van der Waals surface area (Å²) in [5.74, 6) is 0. The summed E-state index contributed by atoms with van der Waals surface area (Å²) in [5.41, 5.74) is 2.65. The lowest BCUT2D eigenvalue weighted by Crippen LogP contribution is -2.26. The largest absolute Gasteiger partial charge is 0.317 e. The SMILES string of the molecule is Cc1cc(C(C)(C)C)cc(C)c1S(=O)(=O)Nc1c(C)ccn(C)c1=O. The highest BCUT2D eigenvalue weighted by atomic mass is 32.2. The lowest BCUT2D eigenvalue weighted by molar-refractivity contribution is 0.585. The summed E-state index contributed by atoms with van der Waals surface area (Å²) >= 11 is 0. The van der Waals surface area contributed by atoms with Gasteiger partial charge in [-0.25, -0.2) is 8.42 Å². The van der Waals surface area contributed by atoms with E-state index in [1.807, 2.05) is 12.1 Å². The maximum atomic E-state index is 13.0. The molecule has 0 amide bonds. The summed E-state index contributed by atoms with van der Waals surface area (Å²) in [6.45, 7) is 11.5. The second-order valence-electron chi connectivity index (χ2n) is 7.58. The Morgan fingerprint density at radius 2 is 1.52 bits per heavy atom. The number of pyridine rings is 1. The van der Waals surface area contributed by atoms with E-state index in [4.69, 9.17) is 0 Å². The lowest BCUT2D eigenvalue weighted by atomic mass is 9.85. The van der Waals surface area contributed by atoms with Crippen molar-refractivity contribution in [2.24, 2.45) is 7.05 Å². The van der Waals surface area contributed by atoms with E-state index in [0.29, 0.717) is 16.7 Å². The fourth-order valence-corrected chi connectivity index (χ4v) is 4.42. The normalized spacial score (nSPS) is 12.3. The maximum absolute atomic E-state index is 13.0. The van der Waals surface area contributed by atoms with E-state index in [-0.39, 0.29) is 21.6 Å².